The summed E-state index contributed by atoms with van der Waals surface area (Å²) in [5.74, 6) is 1.17. The van der Waals surface area contributed by atoms with E-state index in [1.807, 2.05) is 31.2 Å². The SMILES string of the molecule is CNC(=O)Cc1ccc(N[C@@H](C)c2nc(C)no2)cc1. The van der Waals surface area contributed by atoms with Gasteiger partial charge in [0.1, 0.15) is 6.04 Å². The Hall–Kier alpha value is -2.37. The quantitative estimate of drug-likeness (QED) is 0.869. The molecule has 0 aliphatic rings. The fourth-order valence-electron chi connectivity index (χ4n) is 1.79. The number of hydrogen-bond donors (Lipinski definition) is 2. The molecule has 1 heterocycles. The maximum Gasteiger partial charge on any atom is 0.248 e. The van der Waals surface area contributed by atoms with E-state index >= 15 is 0 Å². The van der Waals surface area contributed by atoms with Crippen molar-refractivity contribution in [2.45, 2.75) is 26.3 Å². The number of amides is 1. The van der Waals surface area contributed by atoms with Crippen LogP contribution in [0.1, 0.15) is 30.2 Å². The number of nitrogens with zero attached hydrogens (tertiary/aromatic N) is 2. The molecule has 0 saturated heterocycles. The van der Waals surface area contributed by atoms with Crippen LogP contribution < -0.4 is 10.6 Å². The summed E-state index contributed by atoms with van der Waals surface area (Å²) in [5.41, 5.74) is 1.91. The van der Waals surface area contributed by atoms with Gasteiger partial charge in [-0.05, 0) is 31.5 Å². The molecule has 1 aromatic heterocycles. The zero-order valence-electron chi connectivity index (χ0n) is 11.8. The van der Waals surface area contributed by atoms with Crippen molar-refractivity contribution in [3.05, 3.63) is 41.5 Å². The Morgan fingerprint density at radius 2 is 2.05 bits per heavy atom. The highest BCUT2D eigenvalue weighted by atomic mass is 16.5. The van der Waals surface area contributed by atoms with Crippen molar-refractivity contribution >= 4 is 11.6 Å². The average Bonchev–Trinajstić information content (AvgIpc) is 2.87. The highest BCUT2D eigenvalue weighted by molar-refractivity contribution is 5.78. The maximum absolute atomic E-state index is 11.3. The van der Waals surface area contributed by atoms with Crippen LogP contribution in [-0.4, -0.2) is 23.1 Å². The molecule has 0 unspecified atom stereocenters. The molecular formula is C14H18N4O2. The van der Waals surface area contributed by atoms with E-state index in [2.05, 4.69) is 20.8 Å². The number of nitrogens with one attached hydrogen (secondary N) is 2. The third-order valence-electron chi connectivity index (χ3n) is 2.89. The van der Waals surface area contributed by atoms with Crippen LogP contribution in [0, 0.1) is 6.92 Å². The Kier molecular flexibility index (Phi) is 4.34. The second kappa shape index (κ2) is 6.18. The van der Waals surface area contributed by atoms with Crippen LogP contribution in [0.15, 0.2) is 28.8 Å². The summed E-state index contributed by atoms with van der Waals surface area (Å²) in [6.07, 6.45) is 0.384. The smallest absolute Gasteiger partial charge is 0.248 e. The minimum Gasteiger partial charge on any atom is -0.374 e. The first-order chi connectivity index (χ1) is 9.58. The van der Waals surface area contributed by atoms with E-state index in [9.17, 15) is 4.79 Å². The molecule has 0 aliphatic heterocycles. The van der Waals surface area contributed by atoms with Crippen molar-refractivity contribution in [3.8, 4) is 0 Å². The number of carbonyl (C=O) groups is 1. The lowest BCUT2D eigenvalue weighted by atomic mass is 10.1. The lowest BCUT2D eigenvalue weighted by Crippen LogP contribution is -2.19. The van der Waals surface area contributed by atoms with Crippen molar-refractivity contribution in [1.29, 1.82) is 0 Å². The van der Waals surface area contributed by atoms with Crippen molar-refractivity contribution in [1.82, 2.24) is 15.5 Å². The molecule has 0 saturated carbocycles. The number of carbonyl (C=O) groups excluding carboxylic acids is 1. The maximum atomic E-state index is 11.3. The lowest BCUT2D eigenvalue weighted by molar-refractivity contribution is -0.119. The van der Waals surface area contributed by atoms with Gasteiger partial charge in [-0.15, -0.1) is 0 Å². The van der Waals surface area contributed by atoms with Gasteiger partial charge in [-0.3, -0.25) is 4.79 Å². The number of hydrogen-bond acceptors (Lipinski definition) is 5. The Morgan fingerprint density at radius 1 is 1.35 bits per heavy atom. The van der Waals surface area contributed by atoms with Gasteiger partial charge in [-0.25, -0.2) is 0 Å². The van der Waals surface area contributed by atoms with Crippen molar-refractivity contribution in [2.24, 2.45) is 0 Å². The Balaban J connectivity index is 1.98. The summed E-state index contributed by atoms with van der Waals surface area (Å²) in [6.45, 7) is 3.73. The molecule has 6 nitrogen and oxygen atoms in total. The molecule has 1 aromatic carbocycles. The van der Waals surface area contributed by atoms with Crippen molar-refractivity contribution in [3.63, 3.8) is 0 Å². The fraction of sp³-hybridized carbons (Fsp3) is 0.357. The topological polar surface area (TPSA) is 80.0 Å². The normalized spacial score (nSPS) is 11.9. The Bertz CT molecular complexity index is 577. The molecule has 2 N–H and O–H groups in total. The molecule has 20 heavy (non-hydrogen) atoms. The number of benzene rings is 1. The van der Waals surface area contributed by atoms with Gasteiger partial charge in [-0.2, -0.15) is 4.98 Å². The lowest BCUT2D eigenvalue weighted by Gasteiger charge is -2.11. The molecule has 2 aromatic rings. The first-order valence-electron chi connectivity index (χ1n) is 6.44. The van der Waals surface area contributed by atoms with Gasteiger partial charge in [0.2, 0.25) is 11.8 Å². The van der Waals surface area contributed by atoms with Gasteiger partial charge in [-0.1, -0.05) is 17.3 Å². The van der Waals surface area contributed by atoms with E-state index in [0.29, 0.717) is 18.1 Å². The van der Waals surface area contributed by atoms with Crippen LogP contribution in [0.5, 0.6) is 0 Å². The summed E-state index contributed by atoms with van der Waals surface area (Å²) in [6, 6.07) is 7.63. The van der Waals surface area contributed by atoms with E-state index in [4.69, 9.17) is 4.52 Å². The molecule has 6 heteroatoms. The van der Waals surface area contributed by atoms with Gasteiger partial charge in [0.15, 0.2) is 5.82 Å². The minimum atomic E-state index is -0.0685. The summed E-state index contributed by atoms with van der Waals surface area (Å²) in [7, 11) is 1.63. The van der Waals surface area contributed by atoms with Gasteiger partial charge < -0.3 is 15.2 Å². The zero-order chi connectivity index (χ0) is 14.5. The fourth-order valence-corrected chi connectivity index (χ4v) is 1.79. The minimum absolute atomic E-state index is 0.000382. The third kappa shape index (κ3) is 3.57. The first-order valence-corrected chi connectivity index (χ1v) is 6.44. The average molecular weight is 274 g/mol. The molecule has 0 aliphatic carbocycles. The van der Waals surface area contributed by atoms with Crippen LogP contribution in [0.3, 0.4) is 0 Å². The highest BCUT2D eigenvalue weighted by Gasteiger charge is 2.12. The second-order valence-electron chi connectivity index (χ2n) is 4.59. The first kappa shape index (κ1) is 14.0. The van der Waals surface area contributed by atoms with E-state index in [0.717, 1.165) is 11.3 Å². The van der Waals surface area contributed by atoms with Gasteiger partial charge in [0.05, 0.1) is 6.42 Å². The number of rotatable bonds is 5. The summed E-state index contributed by atoms with van der Waals surface area (Å²) < 4.78 is 5.11. The predicted octanol–water partition coefficient (Wildman–Crippen LogP) is 1.84. The van der Waals surface area contributed by atoms with Crippen molar-refractivity contribution in [2.75, 3.05) is 12.4 Å². The van der Waals surface area contributed by atoms with Gasteiger partial charge in [0, 0.05) is 12.7 Å². The Morgan fingerprint density at radius 3 is 2.60 bits per heavy atom. The number of anilines is 1. The number of aromatic nitrogens is 2. The van der Waals surface area contributed by atoms with Crippen molar-refractivity contribution < 1.29 is 9.32 Å². The summed E-state index contributed by atoms with van der Waals surface area (Å²) in [5, 5.41) is 9.64. The van der Waals surface area contributed by atoms with E-state index in [1.54, 1.807) is 14.0 Å². The van der Waals surface area contributed by atoms with Crippen LogP contribution >= 0.6 is 0 Å². The van der Waals surface area contributed by atoms with Crippen LogP contribution in [0.4, 0.5) is 5.69 Å². The second-order valence-corrected chi connectivity index (χ2v) is 4.59. The van der Waals surface area contributed by atoms with Crippen LogP contribution in [-0.2, 0) is 11.2 Å². The third-order valence-corrected chi connectivity index (χ3v) is 2.89. The molecule has 0 bridgehead atoms. The number of likely N-dealkylation sites (N-methyl/N-ethyl adjacent to an activating group) is 1. The Labute approximate surface area is 117 Å². The molecule has 1 atom stereocenters. The molecule has 0 radical (unpaired) electrons. The van der Waals surface area contributed by atoms with E-state index in [-0.39, 0.29) is 11.9 Å². The van der Waals surface area contributed by atoms with Gasteiger partial charge in [0.25, 0.3) is 0 Å². The number of aryl methyl sites for hydroxylation is 1. The van der Waals surface area contributed by atoms with Gasteiger partial charge >= 0.3 is 0 Å². The highest BCUT2D eigenvalue weighted by Crippen LogP contribution is 2.18. The molecular weight excluding hydrogens is 256 g/mol. The largest absolute Gasteiger partial charge is 0.374 e. The molecule has 2 rings (SSSR count). The summed E-state index contributed by atoms with van der Waals surface area (Å²) in [4.78, 5) is 15.5. The standard InChI is InChI=1S/C14H18N4O2/c1-9(14-17-10(2)18-20-14)16-12-6-4-11(5-7-12)8-13(19)15-3/h4-7,9,16H,8H2,1-3H3,(H,15,19)/t9-/m0/s1. The predicted molar refractivity (Wildman–Crippen MR) is 75.3 cm³/mol. The molecule has 106 valence electrons. The van der Waals surface area contributed by atoms with E-state index < -0.39 is 0 Å². The van der Waals surface area contributed by atoms with Crippen LogP contribution in [0.2, 0.25) is 0 Å². The monoisotopic (exact) mass is 274 g/mol. The zero-order valence-corrected chi connectivity index (χ0v) is 11.8. The molecule has 0 spiro atoms. The molecule has 0 fully saturated rings. The van der Waals surface area contributed by atoms with E-state index in [1.165, 1.54) is 0 Å². The van der Waals surface area contributed by atoms with Crippen LogP contribution in [0.25, 0.3) is 0 Å². The summed E-state index contributed by atoms with van der Waals surface area (Å²) >= 11 is 0. The molecule has 1 amide bonds.